The van der Waals surface area contributed by atoms with Crippen LogP contribution in [-0.4, -0.2) is 59.9 Å². The first-order chi connectivity index (χ1) is 21.6. The van der Waals surface area contributed by atoms with Crippen LogP contribution in [0.25, 0.3) is 21.5 Å². The van der Waals surface area contributed by atoms with Gasteiger partial charge in [-0.1, -0.05) is 97.8 Å². The van der Waals surface area contributed by atoms with Gasteiger partial charge in [-0.2, -0.15) is 0 Å². The highest BCUT2D eigenvalue weighted by Gasteiger charge is 2.37. The van der Waals surface area contributed by atoms with Crippen molar-refractivity contribution < 1.29 is 24.2 Å². The van der Waals surface area contributed by atoms with E-state index in [0.29, 0.717) is 6.54 Å². The Bertz CT molecular complexity index is 1540. The summed E-state index contributed by atoms with van der Waals surface area (Å²) in [5, 5.41) is 15.8. The molecule has 6 heteroatoms. The van der Waals surface area contributed by atoms with Crippen molar-refractivity contribution in [2.24, 2.45) is 0 Å². The van der Waals surface area contributed by atoms with E-state index in [-0.39, 0.29) is 6.61 Å². The Morgan fingerprint density at radius 2 is 1.22 bits per heavy atom. The standard InChI is InChI=1S/C39H49NO5/c1-39(2,3)45-38(43)35(41)36(44-26-14-6-8-16-30-22-24-32-18-10-12-20-34(32)28-30)37(42)40(4)25-13-5-7-15-29-21-23-31-17-9-11-19-33(31)27-29/h9-12,17-24,27-28,35-36,41H,5-8,13-16,25-26H2,1-4H3/t35-,36-/m1/s1. The molecule has 4 aromatic rings. The Morgan fingerprint density at radius 3 is 1.76 bits per heavy atom. The highest BCUT2D eigenvalue weighted by atomic mass is 16.6. The van der Waals surface area contributed by atoms with Gasteiger partial charge in [0.2, 0.25) is 0 Å². The van der Waals surface area contributed by atoms with E-state index in [1.165, 1.54) is 32.7 Å². The number of amides is 1. The van der Waals surface area contributed by atoms with Crippen LogP contribution in [0.4, 0.5) is 0 Å². The van der Waals surface area contributed by atoms with E-state index >= 15 is 0 Å². The molecule has 1 amide bonds. The van der Waals surface area contributed by atoms with Crippen molar-refractivity contribution >= 4 is 33.4 Å². The van der Waals surface area contributed by atoms with Crippen molar-refractivity contribution in [3.63, 3.8) is 0 Å². The molecule has 4 rings (SSSR count). The summed E-state index contributed by atoms with van der Waals surface area (Å²) in [5.74, 6) is -1.25. The van der Waals surface area contributed by atoms with Gasteiger partial charge in [0.25, 0.3) is 5.91 Å². The van der Waals surface area contributed by atoms with Crippen molar-refractivity contribution in [1.82, 2.24) is 4.90 Å². The number of nitrogens with zero attached hydrogens (tertiary/aromatic N) is 1. The Hall–Kier alpha value is -3.74. The van der Waals surface area contributed by atoms with Crippen LogP contribution in [0, 0.1) is 0 Å². The molecule has 0 bridgehead atoms. The minimum Gasteiger partial charge on any atom is -0.458 e. The lowest BCUT2D eigenvalue weighted by Crippen LogP contribution is -2.50. The zero-order valence-corrected chi connectivity index (χ0v) is 27.3. The number of unbranched alkanes of at least 4 members (excludes halogenated alkanes) is 4. The van der Waals surface area contributed by atoms with Crippen LogP contribution in [0.2, 0.25) is 0 Å². The summed E-state index contributed by atoms with van der Waals surface area (Å²) in [6.45, 7) is 5.98. The van der Waals surface area contributed by atoms with E-state index in [1.54, 1.807) is 32.7 Å². The minimum atomic E-state index is -1.69. The van der Waals surface area contributed by atoms with Gasteiger partial charge in [-0.05, 0) is 92.0 Å². The second-order valence-corrected chi connectivity index (χ2v) is 13.0. The molecule has 0 aliphatic rings. The number of likely N-dealkylation sites (N-methyl/N-ethyl adjacent to an activating group) is 1. The summed E-state index contributed by atoms with van der Waals surface area (Å²) >= 11 is 0. The fourth-order valence-electron chi connectivity index (χ4n) is 5.57. The third-order valence-corrected chi connectivity index (χ3v) is 8.05. The van der Waals surface area contributed by atoms with E-state index in [9.17, 15) is 14.7 Å². The number of ether oxygens (including phenoxy) is 2. The summed E-state index contributed by atoms with van der Waals surface area (Å²) in [6.07, 6.45) is 4.34. The molecule has 0 radical (unpaired) electrons. The van der Waals surface area contributed by atoms with Crippen molar-refractivity contribution in [3.8, 4) is 0 Å². The summed E-state index contributed by atoms with van der Waals surface area (Å²) in [5.41, 5.74) is 1.82. The number of aryl methyl sites for hydroxylation is 2. The summed E-state index contributed by atoms with van der Waals surface area (Å²) in [4.78, 5) is 27.7. The number of aliphatic hydroxyl groups is 1. The van der Waals surface area contributed by atoms with Gasteiger partial charge < -0.3 is 19.5 Å². The topological polar surface area (TPSA) is 76.1 Å². The zero-order valence-electron chi connectivity index (χ0n) is 27.3. The Kier molecular flexibility index (Phi) is 12.5. The largest absolute Gasteiger partial charge is 0.458 e. The Morgan fingerprint density at radius 1 is 0.711 bits per heavy atom. The van der Waals surface area contributed by atoms with Gasteiger partial charge in [-0.3, -0.25) is 4.79 Å². The molecule has 0 spiro atoms. The highest BCUT2D eigenvalue weighted by molar-refractivity contribution is 5.88. The molecular weight excluding hydrogens is 562 g/mol. The number of benzene rings is 4. The maximum absolute atomic E-state index is 13.4. The van der Waals surface area contributed by atoms with Crippen molar-refractivity contribution in [1.29, 1.82) is 0 Å². The molecule has 0 heterocycles. The molecule has 0 aliphatic heterocycles. The van der Waals surface area contributed by atoms with Crippen LogP contribution in [0.1, 0.15) is 70.4 Å². The average Bonchev–Trinajstić information content (AvgIpc) is 3.02. The lowest BCUT2D eigenvalue weighted by Gasteiger charge is -2.28. The van der Waals surface area contributed by atoms with Gasteiger partial charge in [0.15, 0.2) is 12.2 Å². The summed E-state index contributed by atoms with van der Waals surface area (Å²) in [7, 11) is 1.70. The van der Waals surface area contributed by atoms with Gasteiger partial charge in [0.1, 0.15) is 5.60 Å². The fourth-order valence-corrected chi connectivity index (χ4v) is 5.57. The maximum atomic E-state index is 13.4. The van der Waals surface area contributed by atoms with Crippen LogP contribution < -0.4 is 0 Å². The van der Waals surface area contributed by atoms with Crippen molar-refractivity contribution in [3.05, 3.63) is 96.1 Å². The number of rotatable bonds is 16. The molecule has 1 N–H and O–H groups in total. The van der Waals surface area contributed by atoms with Gasteiger partial charge in [-0.25, -0.2) is 4.79 Å². The molecule has 45 heavy (non-hydrogen) atoms. The maximum Gasteiger partial charge on any atom is 0.338 e. The van der Waals surface area contributed by atoms with Crippen LogP contribution in [0.15, 0.2) is 84.9 Å². The number of carbonyl (C=O) groups is 2. The molecule has 0 saturated heterocycles. The molecule has 0 saturated carbocycles. The first-order valence-electron chi connectivity index (χ1n) is 16.3. The lowest BCUT2D eigenvalue weighted by atomic mass is 10.0. The predicted molar refractivity (Wildman–Crippen MR) is 182 cm³/mol. The number of esters is 1. The van der Waals surface area contributed by atoms with Gasteiger partial charge in [-0.15, -0.1) is 0 Å². The molecule has 0 unspecified atom stereocenters. The SMILES string of the molecule is CN(CCCCCc1ccc2ccccc2c1)C(=O)[C@H](OCCCCCc1ccc2ccccc2c1)[C@@H](O)C(=O)OC(C)(C)C. The van der Waals surface area contributed by atoms with Crippen LogP contribution in [0.3, 0.4) is 0 Å². The number of hydrogen-bond donors (Lipinski definition) is 1. The monoisotopic (exact) mass is 611 g/mol. The number of hydrogen-bond acceptors (Lipinski definition) is 5. The minimum absolute atomic E-state index is 0.271. The molecule has 0 aromatic heterocycles. The second-order valence-electron chi connectivity index (χ2n) is 13.0. The van der Waals surface area contributed by atoms with Gasteiger partial charge in [0.05, 0.1) is 0 Å². The van der Waals surface area contributed by atoms with Crippen molar-refractivity contribution in [2.75, 3.05) is 20.2 Å². The lowest BCUT2D eigenvalue weighted by molar-refractivity contribution is -0.179. The molecule has 0 fully saturated rings. The normalized spacial score (nSPS) is 13.1. The van der Waals surface area contributed by atoms with E-state index in [2.05, 4.69) is 78.9 Å². The molecule has 2 atom stereocenters. The van der Waals surface area contributed by atoms with Crippen LogP contribution in [0.5, 0.6) is 0 Å². The Balaban J connectivity index is 1.23. The summed E-state index contributed by atoms with van der Waals surface area (Å²) < 4.78 is 11.3. The van der Waals surface area contributed by atoms with Gasteiger partial charge >= 0.3 is 5.97 Å². The van der Waals surface area contributed by atoms with Crippen LogP contribution in [-0.2, 0) is 31.9 Å². The zero-order chi connectivity index (χ0) is 32.2. The first-order valence-corrected chi connectivity index (χ1v) is 16.3. The smallest absolute Gasteiger partial charge is 0.338 e. The van der Waals surface area contributed by atoms with E-state index in [1.807, 2.05) is 6.07 Å². The quantitative estimate of drug-likeness (QED) is 0.104. The van der Waals surface area contributed by atoms with Gasteiger partial charge in [0, 0.05) is 20.2 Å². The highest BCUT2D eigenvalue weighted by Crippen LogP contribution is 2.19. The average molecular weight is 612 g/mol. The van der Waals surface area contributed by atoms with E-state index in [4.69, 9.17) is 9.47 Å². The van der Waals surface area contributed by atoms with E-state index in [0.717, 1.165) is 51.4 Å². The molecule has 6 nitrogen and oxygen atoms in total. The third kappa shape index (κ3) is 10.7. The second kappa shape index (κ2) is 16.5. The molecule has 240 valence electrons. The number of carbonyl (C=O) groups excluding carboxylic acids is 2. The molecule has 4 aromatic carbocycles. The number of aliphatic hydroxyl groups excluding tert-OH is 1. The first kappa shape index (κ1) is 34.1. The fraction of sp³-hybridized carbons (Fsp3) is 0.436. The van der Waals surface area contributed by atoms with Crippen LogP contribution >= 0.6 is 0 Å². The number of fused-ring (bicyclic) bond motifs is 2. The Labute approximate surface area is 268 Å². The third-order valence-electron chi connectivity index (χ3n) is 8.05. The van der Waals surface area contributed by atoms with Crippen molar-refractivity contribution in [2.45, 2.75) is 89.9 Å². The molecule has 0 aliphatic carbocycles. The predicted octanol–water partition coefficient (Wildman–Crippen LogP) is 7.67. The molecular formula is C39H49NO5. The van der Waals surface area contributed by atoms with E-state index < -0.39 is 29.7 Å². The summed E-state index contributed by atoms with van der Waals surface area (Å²) in [6, 6.07) is 29.9.